The highest BCUT2D eigenvalue weighted by Crippen LogP contribution is 2.25. The van der Waals surface area contributed by atoms with E-state index in [4.69, 9.17) is 5.73 Å². The fraction of sp³-hybridized carbons (Fsp3) is 0.667. The zero-order valence-electron chi connectivity index (χ0n) is 11.2. The summed E-state index contributed by atoms with van der Waals surface area (Å²) in [6, 6.07) is -0.130. The molecule has 0 bridgehead atoms. The number of hydrogen-bond acceptors (Lipinski definition) is 4. The topological polar surface area (TPSA) is 76.2 Å². The van der Waals surface area contributed by atoms with Gasteiger partial charge in [0.2, 0.25) is 5.91 Å². The molecular weight excluding hydrogens is 230 g/mol. The molecule has 1 atom stereocenters. The summed E-state index contributed by atoms with van der Waals surface area (Å²) in [6.07, 6.45) is 1.89. The molecular formula is C12H21N5O. The van der Waals surface area contributed by atoms with Crippen LogP contribution in [0.4, 0.5) is 5.82 Å². The molecule has 1 aromatic heterocycles. The van der Waals surface area contributed by atoms with Crippen LogP contribution in [0.2, 0.25) is 0 Å². The summed E-state index contributed by atoms with van der Waals surface area (Å²) in [7, 11) is 3.80. The van der Waals surface area contributed by atoms with E-state index in [-0.39, 0.29) is 11.9 Å². The molecule has 0 aromatic carbocycles. The van der Waals surface area contributed by atoms with Crippen molar-refractivity contribution < 1.29 is 4.79 Å². The number of nitrogens with two attached hydrogens (primary N) is 1. The first-order valence-electron chi connectivity index (χ1n) is 6.28. The van der Waals surface area contributed by atoms with Crippen LogP contribution in [0.15, 0.2) is 0 Å². The highest BCUT2D eigenvalue weighted by Gasteiger charge is 2.30. The molecule has 6 heteroatoms. The third kappa shape index (κ3) is 2.20. The Bertz CT molecular complexity index is 454. The summed E-state index contributed by atoms with van der Waals surface area (Å²) in [4.78, 5) is 13.5. The van der Waals surface area contributed by atoms with Gasteiger partial charge in [-0.1, -0.05) is 0 Å². The van der Waals surface area contributed by atoms with E-state index in [0.717, 1.165) is 43.0 Å². The van der Waals surface area contributed by atoms with Crippen molar-refractivity contribution in [2.45, 2.75) is 32.4 Å². The van der Waals surface area contributed by atoms with Gasteiger partial charge in [-0.25, -0.2) is 0 Å². The Labute approximate surface area is 107 Å². The first kappa shape index (κ1) is 12.9. The van der Waals surface area contributed by atoms with Gasteiger partial charge in [0.15, 0.2) is 0 Å². The van der Waals surface area contributed by atoms with E-state index < -0.39 is 0 Å². The normalized spacial score (nSPS) is 20.3. The first-order valence-corrected chi connectivity index (χ1v) is 6.28. The summed E-state index contributed by atoms with van der Waals surface area (Å²) in [5.74, 6) is 0.780. The van der Waals surface area contributed by atoms with Gasteiger partial charge in [0.05, 0.1) is 11.7 Å². The van der Waals surface area contributed by atoms with Crippen LogP contribution < -0.4 is 11.1 Å². The second-order valence-electron chi connectivity index (χ2n) is 4.82. The summed E-state index contributed by atoms with van der Waals surface area (Å²) >= 11 is 0. The molecule has 0 aliphatic carbocycles. The smallest absolute Gasteiger partial charge is 0.234 e. The number of carbonyl (C=O) groups excluding carboxylic acids is 1. The Morgan fingerprint density at radius 2 is 2.33 bits per heavy atom. The first-order chi connectivity index (χ1) is 8.54. The summed E-state index contributed by atoms with van der Waals surface area (Å²) in [5, 5.41) is 7.57. The average Bonchev–Trinajstić information content (AvgIpc) is 2.85. The number of aryl methyl sites for hydroxylation is 2. The standard InChI is InChI=1S/C12H21N5O/c1-8-9(12(14-2)16(3)15-8)7-17-6-4-5-10(17)11(13)18/h10,14H,4-7H2,1-3H3,(H2,13,18). The summed E-state index contributed by atoms with van der Waals surface area (Å²) in [6.45, 7) is 3.64. The van der Waals surface area contributed by atoms with Crippen LogP contribution in [0, 0.1) is 6.92 Å². The van der Waals surface area contributed by atoms with Crippen LogP contribution in [0.5, 0.6) is 0 Å². The van der Waals surface area contributed by atoms with Crippen LogP contribution in [-0.2, 0) is 18.4 Å². The molecule has 0 spiro atoms. The number of aromatic nitrogens is 2. The van der Waals surface area contributed by atoms with Crippen LogP contribution in [-0.4, -0.2) is 40.2 Å². The largest absolute Gasteiger partial charge is 0.373 e. The van der Waals surface area contributed by atoms with Gasteiger partial charge < -0.3 is 11.1 Å². The highest BCUT2D eigenvalue weighted by molar-refractivity contribution is 5.80. The second kappa shape index (κ2) is 4.97. The number of carbonyl (C=O) groups is 1. The van der Waals surface area contributed by atoms with E-state index in [0.29, 0.717) is 0 Å². The number of amides is 1. The minimum atomic E-state index is -0.222. The lowest BCUT2D eigenvalue weighted by Gasteiger charge is -2.22. The number of primary amides is 1. The molecule has 0 saturated carbocycles. The van der Waals surface area contributed by atoms with E-state index in [2.05, 4.69) is 15.3 Å². The zero-order valence-corrected chi connectivity index (χ0v) is 11.2. The van der Waals surface area contributed by atoms with E-state index in [9.17, 15) is 4.79 Å². The van der Waals surface area contributed by atoms with Crippen molar-refractivity contribution in [1.82, 2.24) is 14.7 Å². The predicted molar refractivity (Wildman–Crippen MR) is 70.1 cm³/mol. The molecule has 100 valence electrons. The van der Waals surface area contributed by atoms with Crippen molar-refractivity contribution in [1.29, 1.82) is 0 Å². The SMILES string of the molecule is CNc1c(CN2CCCC2C(N)=O)c(C)nn1C. The van der Waals surface area contributed by atoms with E-state index in [1.165, 1.54) is 0 Å². The van der Waals surface area contributed by atoms with Gasteiger partial charge >= 0.3 is 0 Å². The number of nitrogens with zero attached hydrogens (tertiary/aromatic N) is 3. The fourth-order valence-corrected chi connectivity index (χ4v) is 2.74. The average molecular weight is 251 g/mol. The fourth-order valence-electron chi connectivity index (χ4n) is 2.74. The lowest BCUT2D eigenvalue weighted by Crippen LogP contribution is -2.39. The Morgan fingerprint density at radius 3 is 2.94 bits per heavy atom. The van der Waals surface area contributed by atoms with Gasteiger partial charge in [0.1, 0.15) is 5.82 Å². The molecule has 2 rings (SSSR count). The van der Waals surface area contributed by atoms with Gasteiger partial charge in [-0.05, 0) is 26.3 Å². The van der Waals surface area contributed by atoms with Gasteiger partial charge in [-0.15, -0.1) is 0 Å². The third-order valence-electron chi connectivity index (χ3n) is 3.64. The molecule has 0 radical (unpaired) electrons. The third-order valence-corrected chi connectivity index (χ3v) is 3.64. The lowest BCUT2D eigenvalue weighted by atomic mass is 10.2. The van der Waals surface area contributed by atoms with Gasteiger partial charge in [-0.2, -0.15) is 5.10 Å². The Morgan fingerprint density at radius 1 is 1.61 bits per heavy atom. The van der Waals surface area contributed by atoms with Gasteiger partial charge in [0.25, 0.3) is 0 Å². The van der Waals surface area contributed by atoms with Crippen molar-refractivity contribution >= 4 is 11.7 Å². The van der Waals surface area contributed by atoms with Crippen molar-refractivity contribution in [3.8, 4) is 0 Å². The molecule has 1 fully saturated rings. The molecule has 1 saturated heterocycles. The predicted octanol–water partition coefficient (Wildman–Crippen LogP) is 0.220. The molecule has 1 aliphatic heterocycles. The van der Waals surface area contributed by atoms with Crippen LogP contribution >= 0.6 is 0 Å². The van der Waals surface area contributed by atoms with Crippen LogP contribution in [0.1, 0.15) is 24.1 Å². The number of nitrogens with one attached hydrogen (secondary N) is 1. The molecule has 1 unspecified atom stereocenters. The maximum Gasteiger partial charge on any atom is 0.234 e. The summed E-state index contributed by atoms with van der Waals surface area (Å²) < 4.78 is 1.83. The molecule has 1 aromatic rings. The number of likely N-dealkylation sites (tertiary alicyclic amines) is 1. The van der Waals surface area contributed by atoms with Crippen LogP contribution in [0.3, 0.4) is 0 Å². The Balaban J connectivity index is 2.21. The molecule has 2 heterocycles. The lowest BCUT2D eigenvalue weighted by molar-refractivity contribution is -0.122. The van der Waals surface area contributed by atoms with Crippen LogP contribution in [0.25, 0.3) is 0 Å². The van der Waals surface area contributed by atoms with Gasteiger partial charge in [0, 0.05) is 26.2 Å². The number of rotatable bonds is 4. The quantitative estimate of drug-likeness (QED) is 0.802. The molecule has 3 N–H and O–H groups in total. The summed E-state index contributed by atoms with van der Waals surface area (Å²) in [5.41, 5.74) is 7.58. The zero-order chi connectivity index (χ0) is 13.3. The molecule has 1 aliphatic rings. The second-order valence-corrected chi connectivity index (χ2v) is 4.82. The highest BCUT2D eigenvalue weighted by atomic mass is 16.1. The monoisotopic (exact) mass is 251 g/mol. The van der Waals surface area contributed by atoms with Gasteiger partial charge in [-0.3, -0.25) is 14.4 Å². The van der Waals surface area contributed by atoms with Crippen molar-refractivity contribution in [2.24, 2.45) is 12.8 Å². The molecule has 1 amide bonds. The molecule has 18 heavy (non-hydrogen) atoms. The number of hydrogen-bond donors (Lipinski definition) is 2. The van der Waals surface area contributed by atoms with Crippen molar-refractivity contribution in [3.05, 3.63) is 11.3 Å². The minimum Gasteiger partial charge on any atom is -0.373 e. The van der Waals surface area contributed by atoms with Crippen molar-refractivity contribution in [2.75, 3.05) is 18.9 Å². The van der Waals surface area contributed by atoms with Crippen molar-refractivity contribution in [3.63, 3.8) is 0 Å². The Kier molecular flexibility index (Phi) is 3.56. The Hall–Kier alpha value is -1.56. The van der Waals surface area contributed by atoms with E-state index in [1.54, 1.807) is 0 Å². The van der Waals surface area contributed by atoms with E-state index in [1.807, 2.05) is 25.7 Å². The maximum absolute atomic E-state index is 11.4. The maximum atomic E-state index is 11.4. The molecule has 6 nitrogen and oxygen atoms in total. The van der Waals surface area contributed by atoms with E-state index >= 15 is 0 Å². The number of anilines is 1. The minimum absolute atomic E-state index is 0.130.